The molecule has 0 unspecified atom stereocenters. The number of hydrogen-bond donors (Lipinski definition) is 3. The molecule has 19 heavy (non-hydrogen) atoms. The molecule has 3 atom stereocenters. The zero-order chi connectivity index (χ0) is 14.4. The molecule has 5 N–H and O–H groups in total. The molecule has 1 aromatic rings. The average molecular weight is 266 g/mol. The summed E-state index contributed by atoms with van der Waals surface area (Å²) in [5.74, 6) is -1.98. The topological polar surface area (TPSA) is 117 Å². The molecule has 104 valence electrons. The van der Waals surface area contributed by atoms with Crippen LogP contribution in [0.1, 0.15) is 12.5 Å². The molecule has 0 radical (unpaired) electrons. The fraction of sp³-hybridized carbons (Fsp3) is 0.385. The van der Waals surface area contributed by atoms with E-state index in [2.05, 4.69) is 11.1 Å². The zero-order valence-electron chi connectivity index (χ0n) is 10.7. The fourth-order valence-corrected chi connectivity index (χ4v) is 1.54. The van der Waals surface area contributed by atoms with E-state index in [1.54, 1.807) is 24.3 Å². The van der Waals surface area contributed by atoms with Crippen LogP contribution in [-0.4, -0.2) is 35.2 Å². The van der Waals surface area contributed by atoms with Gasteiger partial charge in [0.1, 0.15) is 6.10 Å². The van der Waals surface area contributed by atoms with Crippen molar-refractivity contribution in [1.29, 1.82) is 0 Å². The number of aliphatic hydroxyl groups is 1. The smallest absolute Gasteiger partial charge is 0.281 e. The number of quaternary nitrogens is 1. The molecular formula is C13H18N2O4. The SMILES string of the molecule is C[C@@H](O)[C@H]([NH3+])C(=O)N[C@@H](Cc1ccccc1)C(=O)[O-]. The van der Waals surface area contributed by atoms with Gasteiger partial charge in [-0.1, -0.05) is 30.3 Å². The van der Waals surface area contributed by atoms with E-state index >= 15 is 0 Å². The largest absolute Gasteiger partial charge is 0.548 e. The van der Waals surface area contributed by atoms with Crippen molar-refractivity contribution >= 4 is 11.9 Å². The van der Waals surface area contributed by atoms with E-state index in [1.165, 1.54) is 6.92 Å². The molecule has 0 aliphatic heterocycles. The van der Waals surface area contributed by atoms with Gasteiger partial charge in [-0.05, 0) is 18.9 Å². The van der Waals surface area contributed by atoms with Crippen molar-refractivity contribution in [2.45, 2.75) is 31.5 Å². The van der Waals surface area contributed by atoms with Crippen molar-refractivity contribution in [1.82, 2.24) is 5.32 Å². The van der Waals surface area contributed by atoms with Crippen LogP contribution in [0.5, 0.6) is 0 Å². The number of aliphatic carboxylic acids is 1. The minimum absolute atomic E-state index is 0.126. The Morgan fingerprint density at radius 2 is 1.95 bits per heavy atom. The highest BCUT2D eigenvalue weighted by molar-refractivity contribution is 5.85. The third-order valence-corrected chi connectivity index (χ3v) is 2.80. The molecule has 6 nitrogen and oxygen atoms in total. The van der Waals surface area contributed by atoms with E-state index in [9.17, 15) is 19.8 Å². The summed E-state index contributed by atoms with van der Waals surface area (Å²) in [5.41, 5.74) is 4.25. The van der Waals surface area contributed by atoms with Gasteiger partial charge in [0.15, 0.2) is 6.04 Å². The normalized spacial score (nSPS) is 15.3. The van der Waals surface area contributed by atoms with Crippen LogP contribution in [-0.2, 0) is 16.0 Å². The first kappa shape index (κ1) is 15.1. The van der Waals surface area contributed by atoms with Crippen LogP contribution >= 0.6 is 0 Å². The minimum Gasteiger partial charge on any atom is -0.548 e. The van der Waals surface area contributed by atoms with Gasteiger partial charge < -0.3 is 26.1 Å². The second-order valence-corrected chi connectivity index (χ2v) is 4.42. The summed E-state index contributed by atoms with van der Waals surface area (Å²) in [6.07, 6.45) is -0.819. The number of nitrogens with one attached hydrogen (secondary N) is 1. The van der Waals surface area contributed by atoms with E-state index in [-0.39, 0.29) is 6.42 Å². The van der Waals surface area contributed by atoms with Gasteiger partial charge >= 0.3 is 0 Å². The number of rotatable bonds is 6. The quantitative estimate of drug-likeness (QED) is 0.525. The molecule has 0 aromatic heterocycles. The van der Waals surface area contributed by atoms with Crippen molar-refractivity contribution in [2.75, 3.05) is 0 Å². The van der Waals surface area contributed by atoms with E-state index in [0.29, 0.717) is 0 Å². The Kier molecular flexibility index (Phi) is 5.47. The number of aliphatic hydroxyl groups excluding tert-OH is 1. The Hall–Kier alpha value is -1.92. The van der Waals surface area contributed by atoms with E-state index < -0.39 is 30.1 Å². The lowest BCUT2D eigenvalue weighted by Gasteiger charge is -2.21. The van der Waals surface area contributed by atoms with Gasteiger partial charge in [0.25, 0.3) is 5.91 Å². The van der Waals surface area contributed by atoms with Crippen LogP contribution in [0.15, 0.2) is 30.3 Å². The molecule has 0 fully saturated rings. The highest BCUT2D eigenvalue weighted by Gasteiger charge is 2.25. The molecule has 6 heteroatoms. The van der Waals surface area contributed by atoms with E-state index in [4.69, 9.17) is 0 Å². The molecule has 0 bridgehead atoms. The summed E-state index contributed by atoms with van der Waals surface area (Å²) in [5, 5.41) is 22.6. The number of hydrogen-bond acceptors (Lipinski definition) is 4. The third kappa shape index (κ3) is 4.69. The molecule has 1 rings (SSSR count). The third-order valence-electron chi connectivity index (χ3n) is 2.80. The predicted molar refractivity (Wildman–Crippen MR) is 65.4 cm³/mol. The van der Waals surface area contributed by atoms with Gasteiger partial charge in [0.05, 0.1) is 12.0 Å². The molecule has 1 aromatic carbocycles. The number of amides is 1. The molecule has 0 saturated carbocycles. The lowest BCUT2D eigenvalue weighted by Crippen LogP contribution is -2.73. The Balaban J connectivity index is 2.69. The summed E-state index contributed by atoms with van der Waals surface area (Å²) >= 11 is 0. The first-order chi connectivity index (χ1) is 8.91. The number of carboxylic acid groups (broad SMARTS) is 1. The lowest BCUT2D eigenvalue weighted by atomic mass is 10.1. The second kappa shape index (κ2) is 6.86. The molecule has 0 heterocycles. The summed E-state index contributed by atoms with van der Waals surface area (Å²) < 4.78 is 0. The van der Waals surface area contributed by atoms with Crippen LogP contribution in [0.25, 0.3) is 0 Å². The number of benzene rings is 1. The maximum atomic E-state index is 11.7. The van der Waals surface area contributed by atoms with Crippen LogP contribution in [0.4, 0.5) is 0 Å². The number of carboxylic acids is 1. The van der Waals surface area contributed by atoms with Crippen molar-refractivity contribution in [3.63, 3.8) is 0 Å². The number of carbonyl (C=O) groups excluding carboxylic acids is 2. The molecule has 0 aliphatic carbocycles. The first-order valence-corrected chi connectivity index (χ1v) is 5.98. The predicted octanol–water partition coefficient (Wildman–Crippen LogP) is -2.54. The van der Waals surface area contributed by atoms with Crippen molar-refractivity contribution < 1.29 is 25.5 Å². The highest BCUT2D eigenvalue weighted by atomic mass is 16.4. The van der Waals surface area contributed by atoms with Gasteiger partial charge in [0.2, 0.25) is 0 Å². The molecular weight excluding hydrogens is 248 g/mol. The monoisotopic (exact) mass is 266 g/mol. The number of carbonyl (C=O) groups is 2. The van der Waals surface area contributed by atoms with Gasteiger partial charge in [-0.2, -0.15) is 0 Å². The van der Waals surface area contributed by atoms with Crippen molar-refractivity contribution in [3.8, 4) is 0 Å². The molecule has 1 amide bonds. The zero-order valence-corrected chi connectivity index (χ0v) is 10.7. The van der Waals surface area contributed by atoms with E-state index in [1.807, 2.05) is 6.07 Å². The maximum Gasteiger partial charge on any atom is 0.281 e. The Labute approximate surface area is 111 Å². The summed E-state index contributed by atoms with van der Waals surface area (Å²) in [6, 6.07) is 6.84. The van der Waals surface area contributed by atoms with E-state index in [0.717, 1.165) is 5.56 Å². The molecule has 0 saturated heterocycles. The van der Waals surface area contributed by atoms with Gasteiger partial charge in [-0.15, -0.1) is 0 Å². The maximum absolute atomic E-state index is 11.7. The second-order valence-electron chi connectivity index (χ2n) is 4.42. The van der Waals surface area contributed by atoms with Gasteiger partial charge in [-0.25, -0.2) is 0 Å². The lowest BCUT2D eigenvalue weighted by molar-refractivity contribution is -0.419. The summed E-state index contributed by atoms with van der Waals surface area (Å²) in [6.45, 7) is 1.42. The van der Waals surface area contributed by atoms with Crippen molar-refractivity contribution in [2.24, 2.45) is 0 Å². The van der Waals surface area contributed by atoms with Crippen LogP contribution in [0.3, 0.4) is 0 Å². The standard InChI is InChI=1S/C13H18N2O4/c1-8(16)11(14)12(17)15-10(13(18)19)7-9-5-3-2-4-6-9/h2-6,8,10-11,16H,7,14H2,1H3,(H,15,17)(H,18,19)/t8-,10+,11+/m1/s1. The van der Waals surface area contributed by atoms with Crippen LogP contribution < -0.4 is 16.2 Å². The minimum atomic E-state index is -1.37. The van der Waals surface area contributed by atoms with Gasteiger partial charge in [0, 0.05) is 0 Å². The summed E-state index contributed by atoms with van der Waals surface area (Å²) in [4.78, 5) is 22.7. The molecule has 0 spiro atoms. The first-order valence-electron chi connectivity index (χ1n) is 5.98. The van der Waals surface area contributed by atoms with Crippen LogP contribution in [0.2, 0.25) is 0 Å². The average Bonchev–Trinajstić information content (AvgIpc) is 2.37. The highest BCUT2D eigenvalue weighted by Crippen LogP contribution is 2.03. The van der Waals surface area contributed by atoms with Crippen LogP contribution in [0, 0.1) is 0 Å². The molecule has 0 aliphatic rings. The Morgan fingerprint density at radius 1 is 1.37 bits per heavy atom. The fourth-order valence-electron chi connectivity index (χ4n) is 1.54. The van der Waals surface area contributed by atoms with Crippen molar-refractivity contribution in [3.05, 3.63) is 35.9 Å². The Morgan fingerprint density at radius 3 is 2.42 bits per heavy atom. The van der Waals surface area contributed by atoms with Gasteiger partial charge in [-0.3, -0.25) is 4.79 Å². The Bertz CT molecular complexity index is 434. The summed E-state index contributed by atoms with van der Waals surface area (Å²) in [7, 11) is 0.